The number of carbonyl (C=O) groups excluding carboxylic acids is 1. The van der Waals surface area contributed by atoms with Gasteiger partial charge in [-0.2, -0.15) is 0 Å². The minimum absolute atomic E-state index is 0.0641. The van der Waals surface area contributed by atoms with E-state index in [2.05, 4.69) is 10.2 Å². The molecule has 1 saturated heterocycles. The van der Waals surface area contributed by atoms with Crippen LogP contribution in [0.4, 0.5) is 5.69 Å². The maximum atomic E-state index is 12.9. The quantitative estimate of drug-likeness (QED) is 0.527. The van der Waals surface area contributed by atoms with Crippen LogP contribution >= 0.6 is 0 Å². The number of benzene rings is 2. The van der Waals surface area contributed by atoms with Crippen molar-refractivity contribution in [3.8, 4) is 11.5 Å². The zero-order valence-corrected chi connectivity index (χ0v) is 20.3. The zero-order valence-electron chi connectivity index (χ0n) is 20.3. The summed E-state index contributed by atoms with van der Waals surface area (Å²) in [5, 5.41) is 27.7. The van der Waals surface area contributed by atoms with E-state index in [1.54, 1.807) is 6.07 Å². The Balaban J connectivity index is 1.42. The molecule has 4 atom stereocenters. The van der Waals surface area contributed by atoms with Crippen molar-refractivity contribution in [1.82, 2.24) is 9.88 Å². The Bertz CT molecular complexity index is 1480. The number of likely N-dealkylation sites (tertiary alicyclic amines) is 1. The lowest BCUT2D eigenvalue weighted by Gasteiger charge is -2.63. The van der Waals surface area contributed by atoms with Crippen molar-refractivity contribution in [1.29, 1.82) is 0 Å². The van der Waals surface area contributed by atoms with Crippen LogP contribution in [0.5, 0.6) is 11.5 Å². The number of aromatic nitrogens is 1. The summed E-state index contributed by atoms with van der Waals surface area (Å²) in [7, 11) is 0. The van der Waals surface area contributed by atoms with Gasteiger partial charge in [-0.15, -0.1) is 0 Å². The van der Waals surface area contributed by atoms with Crippen LogP contribution in [0.15, 0.2) is 36.4 Å². The van der Waals surface area contributed by atoms with Crippen molar-refractivity contribution in [2.24, 2.45) is 5.92 Å². The number of fused-ring (bicyclic) bond motifs is 3. The second kappa shape index (κ2) is 6.78. The lowest BCUT2D eigenvalue weighted by molar-refractivity contribution is -0.173. The van der Waals surface area contributed by atoms with Crippen molar-refractivity contribution in [2.75, 3.05) is 18.4 Å². The van der Waals surface area contributed by atoms with Crippen LogP contribution in [0, 0.1) is 5.92 Å². The molecule has 3 aliphatic carbocycles. The predicted molar refractivity (Wildman–Crippen MR) is 134 cm³/mol. The number of aromatic hydroxyl groups is 1. The number of hydrogen-bond acceptors (Lipinski definition) is 6. The van der Waals surface area contributed by atoms with Gasteiger partial charge in [0, 0.05) is 42.4 Å². The highest BCUT2D eigenvalue weighted by atomic mass is 16.5. The van der Waals surface area contributed by atoms with E-state index in [1.807, 2.05) is 30.3 Å². The maximum absolute atomic E-state index is 12.9. The third-order valence-electron chi connectivity index (χ3n) is 9.53. The highest BCUT2D eigenvalue weighted by molar-refractivity contribution is 6.02. The van der Waals surface area contributed by atoms with Crippen molar-refractivity contribution in [3.63, 3.8) is 0 Å². The summed E-state index contributed by atoms with van der Waals surface area (Å²) in [6, 6.07) is 11.5. The number of pyridine rings is 1. The normalized spacial score (nSPS) is 31.5. The van der Waals surface area contributed by atoms with Gasteiger partial charge in [-0.25, -0.2) is 4.98 Å². The molecule has 184 valence electrons. The molecule has 2 aromatic carbocycles. The van der Waals surface area contributed by atoms with E-state index in [9.17, 15) is 15.0 Å². The fraction of sp³-hybridized carbons (Fsp3) is 0.448. The number of phenols is 1. The largest absolute Gasteiger partial charge is 0.504 e. The Hall–Kier alpha value is -3.16. The van der Waals surface area contributed by atoms with Gasteiger partial charge in [0.15, 0.2) is 17.6 Å². The number of aliphatic hydroxyl groups is 1. The molecule has 3 aromatic rings. The van der Waals surface area contributed by atoms with Gasteiger partial charge >= 0.3 is 0 Å². The van der Waals surface area contributed by atoms with Gasteiger partial charge in [0.2, 0.25) is 5.91 Å². The number of piperidine rings is 1. The predicted octanol–water partition coefficient (Wildman–Crippen LogP) is 3.60. The lowest BCUT2D eigenvalue weighted by atomic mass is 9.48. The zero-order chi connectivity index (χ0) is 24.4. The van der Waals surface area contributed by atoms with Crippen LogP contribution in [0.2, 0.25) is 0 Å². The van der Waals surface area contributed by atoms with Crippen LogP contribution in [-0.4, -0.2) is 50.7 Å². The minimum atomic E-state index is -1.11. The van der Waals surface area contributed by atoms with Gasteiger partial charge in [0.05, 0.1) is 27.9 Å². The number of phenolic OH excluding ortho intramolecular Hbond substituents is 1. The second-order valence-electron chi connectivity index (χ2n) is 11.5. The molecule has 36 heavy (non-hydrogen) atoms. The molecule has 1 aromatic heterocycles. The second-order valence-corrected chi connectivity index (χ2v) is 11.5. The van der Waals surface area contributed by atoms with E-state index in [-0.39, 0.29) is 17.7 Å². The molecule has 1 spiro atoms. The summed E-state index contributed by atoms with van der Waals surface area (Å²) < 4.78 is 6.63. The SMILES string of the molecule is CC(=O)Nc1c2c(nc3ccccc13)[C@@H]1Oc3c(O)ccc4c3[C@@]13CCN(CC1CC1)[C@@H](C4)[C@]3(O)C2. The number of nitrogens with zero attached hydrogens (tertiary/aromatic N) is 2. The van der Waals surface area contributed by atoms with Crippen molar-refractivity contribution in [3.05, 3.63) is 58.8 Å². The number of rotatable bonds is 3. The fourth-order valence-electron chi connectivity index (χ4n) is 7.91. The summed E-state index contributed by atoms with van der Waals surface area (Å²) in [4.78, 5) is 19.9. The molecular formula is C29H29N3O4. The van der Waals surface area contributed by atoms with Gasteiger partial charge in [-0.05, 0) is 55.8 Å². The Morgan fingerprint density at radius 2 is 2.08 bits per heavy atom. The molecule has 1 saturated carbocycles. The number of para-hydroxylation sites is 1. The molecule has 7 heteroatoms. The molecule has 3 N–H and O–H groups in total. The van der Waals surface area contributed by atoms with Crippen LogP contribution in [0.25, 0.3) is 10.9 Å². The number of carbonyl (C=O) groups is 1. The van der Waals surface area contributed by atoms with Crippen LogP contribution in [0.3, 0.4) is 0 Å². The number of hydrogen-bond donors (Lipinski definition) is 3. The monoisotopic (exact) mass is 483 g/mol. The van der Waals surface area contributed by atoms with Gasteiger partial charge in [0.25, 0.3) is 0 Å². The van der Waals surface area contributed by atoms with E-state index in [4.69, 9.17) is 9.72 Å². The highest BCUT2D eigenvalue weighted by Crippen LogP contribution is 2.69. The maximum Gasteiger partial charge on any atom is 0.221 e. The van der Waals surface area contributed by atoms with E-state index >= 15 is 0 Å². The summed E-state index contributed by atoms with van der Waals surface area (Å²) in [6.45, 7) is 3.41. The van der Waals surface area contributed by atoms with Gasteiger partial charge in [-0.3, -0.25) is 9.69 Å². The van der Waals surface area contributed by atoms with E-state index in [0.29, 0.717) is 23.8 Å². The summed E-state index contributed by atoms with van der Waals surface area (Å²) in [5.41, 5.74) is 3.44. The number of amides is 1. The van der Waals surface area contributed by atoms with Crippen molar-refractivity contribution >= 4 is 22.5 Å². The smallest absolute Gasteiger partial charge is 0.221 e. The molecular weight excluding hydrogens is 454 g/mol. The fourth-order valence-corrected chi connectivity index (χ4v) is 7.91. The first-order chi connectivity index (χ1) is 17.4. The molecule has 0 unspecified atom stereocenters. The minimum Gasteiger partial charge on any atom is -0.504 e. The van der Waals surface area contributed by atoms with Gasteiger partial charge < -0.3 is 20.3 Å². The van der Waals surface area contributed by atoms with E-state index in [1.165, 1.54) is 19.8 Å². The average Bonchev–Trinajstić information content (AvgIpc) is 3.59. The molecule has 2 bridgehead atoms. The summed E-state index contributed by atoms with van der Waals surface area (Å²) >= 11 is 0. The highest BCUT2D eigenvalue weighted by Gasteiger charge is 2.73. The first-order valence-electron chi connectivity index (χ1n) is 13.1. The van der Waals surface area contributed by atoms with Crippen LogP contribution < -0.4 is 10.1 Å². The molecule has 0 radical (unpaired) electrons. The number of nitrogens with one attached hydrogen (secondary N) is 1. The number of anilines is 1. The van der Waals surface area contributed by atoms with E-state index < -0.39 is 17.1 Å². The van der Waals surface area contributed by atoms with Crippen molar-refractivity contribution < 1.29 is 19.7 Å². The standard InChI is InChI=1S/C29H29N3O4/c1-15(33)30-24-18-4-2-3-5-20(18)31-25-19(24)13-29(35)22-12-17-8-9-21(34)26-23(17)28(29,27(25)36-26)10-11-32(22)14-16-6-7-16/h2-5,8-9,16,22,27,34-35H,6-7,10-14H2,1H3,(H,30,31,33)/t22-,27-,28-,29+/m0/s1. The molecule has 5 aliphatic rings. The Morgan fingerprint density at radius 3 is 2.89 bits per heavy atom. The third-order valence-corrected chi connectivity index (χ3v) is 9.53. The molecule has 2 fully saturated rings. The topological polar surface area (TPSA) is 94.9 Å². The van der Waals surface area contributed by atoms with Gasteiger partial charge in [-0.1, -0.05) is 24.3 Å². The van der Waals surface area contributed by atoms with Crippen LogP contribution in [0.1, 0.15) is 54.7 Å². The third kappa shape index (κ3) is 2.45. The van der Waals surface area contributed by atoms with Crippen molar-refractivity contribution in [2.45, 2.75) is 62.2 Å². The molecule has 1 amide bonds. The summed E-state index contributed by atoms with van der Waals surface area (Å²) in [6.07, 6.45) is 3.84. The lowest BCUT2D eigenvalue weighted by Crippen LogP contribution is -2.74. The first-order valence-corrected chi connectivity index (χ1v) is 13.1. The summed E-state index contributed by atoms with van der Waals surface area (Å²) in [5.74, 6) is 1.17. The number of ether oxygens (including phenoxy) is 1. The average molecular weight is 484 g/mol. The first kappa shape index (κ1) is 21.0. The van der Waals surface area contributed by atoms with Gasteiger partial charge in [0.1, 0.15) is 0 Å². The Morgan fingerprint density at radius 1 is 1.25 bits per heavy atom. The molecule has 8 rings (SSSR count). The Kier molecular flexibility index (Phi) is 3.95. The molecule has 3 heterocycles. The van der Waals surface area contributed by atoms with Crippen LogP contribution in [-0.2, 0) is 23.1 Å². The molecule has 7 nitrogen and oxygen atoms in total. The van der Waals surface area contributed by atoms with E-state index in [0.717, 1.165) is 59.2 Å². The Labute approximate surface area is 209 Å². The molecule has 2 aliphatic heterocycles.